The first-order valence-corrected chi connectivity index (χ1v) is 8.33. The number of hydrogen-bond donors (Lipinski definition) is 1. The van der Waals surface area contributed by atoms with Crippen molar-refractivity contribution in [3.63, 3.8) is 0 Å². The second-order valence-electron chi connectivity index (χ2n) is 5.68. The molecular formula is C19H15ClN4O3. The molecule has 0 spiro atoms. The number of nitrogens with one attached hydrogen (secondary N) is 1. The lowest BCUT2D eigenvalue weighted by molar-refractivity contribution is -0.384. The number of nitrogens with zero attached hydrogens (tertiary/aromatic N) is 3. The average Bonchev–Trinajstić information content (AvgIpc) is 2.69. The maximum atomic E-state index is 12.4. The summed E-state index contributed by atoms with van der Waals surface area (Å²) in [6.07, 6.45) is 1.45. The van der Waals surface area contributed by atoms with Crippen LogP contribution in [-0.4, -0.2) is 22.9 Å². The van der Waals surface area contributed by atoms with Gasteiger partial charge in [0.1, 0.15) is 10.8 Å². The molecule has 0 saturated heterocycles. The predicted molar refractivity (Wildman–Crippen MR) is 105 cm³/mol. The normalized spacial score (nSPS) is 10.3. The molecule has 0 unspecified atom stereocenters. The third-order valence-electron chi connectivity index (χ3n) is 3.90. The Morgan fingerprint density at radius 2 is 1.89 bits per heavy atom. The zero-order valence-corrected chi connectivity index (χ0v) is 15.1. The van der Waals surface area contributed by atoms with Crippen molar-refractivity contribution < 1.29 is 9.72 Å². The Kier molecular flexibility index (Phi) is 5.33. The number of para-hydroxylation sites is 1. The Bertz CT molecular complexity index is 978. The number of amides is 1. The first kappa shape index (κ1) is 18.3. The van der Waals surface area contributed by atoms with Gasteiger partial charge in [-0.15, -0.1) is 0 Å². The molecule has 2 aromatic carbocycles. The van der Waals surface area contributed by atoms with E-state index in [2.05, 4.69) is 10.3 Å². The van der Waals surface area contributed by atoms with E-state index in [4.69, 9.17) is 11.6 Å². The molecule has 0 bridgehead atoms. The van der Waals surface area contributed by atoms with Crippen molar-refractivity contribution in [3.8, 4) is 0 Å². The number of halogens is 1. The van der Waals surface area contributed by atoms with Crippen molar-refractivity contribution in [2.75, 3.05) is 17.3 Å². The van der Waals surface area contributed by atoms with Crippen molar-refractivity contribution in [3.05, 3.63) is 87.6 Å². The van der Waals surface area contributed by atoms with E-state index >= 15 is 0 Å². The molecule has 0 aliphatic rings. The van der Waals surface area contributed by atoms with Crippen LogP contribution in [0.5, 0.6) is 0 Å². The molecule has 1 heterocycles. The van der Waals surface area contributed by atoms with Gasteiger partial charge in [0.2, 0.25) is 0 Å². The predicted octanol–water partition coefficient (Wildman–Crippen LogP) is 4.66. The summed E-state index contributed by atoms with van der Waals surface area (Å²) in [5, 5.41) is 13.6. The summed E-state index contributed by atoms with van der Waals surface area (Å²) in [4.78, 5) is 28.9. The second kappa shape index (κ2) is 7.84. The fourth-order valence-corrected chi connectivity index (χ4v) is 2.62. The minimum atomic E-state index is -0.603. The molecule has 8 heteroatoms. The topological polar surface area (TPSA) is 88.4 Å². The molecule has 0 saturated carbocycles. The largest absolute Gasteiger partial charge is 0.329 e. The molecule has 3 rings (SSSR count). The summed E-state index contributed by atoms with van der Waals surface area (Å²) in [5.74, 6) is 0.257. The lowest BCUT2D eigenvalue weighted by Gasteiger charge is -2.18. The van der Waals surface area contributed by atoms with Gasteiger partial charge >= 0.3 is 0 Å². The highest BCUT2D eigenvalue weighted by Gasteiger charge is 2.15. The van der Waals surface area contributed by atoms with Crippen molar-refractivity contribution in [1.82, 2.24) is 4.98 Å². The second-order valence-corrected chi connectivity index (χ2v) is 6.08. The molecule has 0 radical (unpaired) electrons. The van der Waals surface area contributed by atoms with Crippen LogP contribution < -0.4 is 10.2 Å². The van der Waals surface area contributed by atoms with Gasteiger partial charge in [0.05, 0.1) is 10.5 Å². The van der Waals surface area contributed by atoms with Crippen molar-refractivity contribution in [2.24, 2.45) is 0 Å². The van der Waals surface area contributed by atoms with Gasteiger partial charge in [-0.3, -0.25) is 14.9 Å². The standard InChI is InChI=1S/C19H15ClN4O3/c1-23(15-5-3-2-4-6-15)18-10-7-13(12-21-18)19(25)22-14-8-9-16(20)17(11-14)24(26)27/h2-12H,1H3,(H,22,25). The summed E-state index contributed by atoms with van der Waals surface area (Å²) in [7, 11) is 1.88. The highest BCUT2D eigenvalue weighted by atomic mass is 35.5. The van der Waals surface area contributed by atoms with E-state index in [-0.39, 0.29) is 16.4 Å². The van der Waals surface area contributed by atoms with E-state index < -0.39 is 10.8 Å². The number of aromatic nitrogens is 1. The summed E-state index contributed by atoms with van der Waals surface area (Å²) in [6, 6.07) is 17.1. The van der Waals surface area contributed by atoms with Crippen molar-refractivity contribution in [2.45, 2.75) is 0 Å². The lowest BCUT2D eigenvalue weighted by Crippen LogP contribution is -2.14. The van der Waals surface area contributed by atoms with Crippen molar-refractivity contribution in [1.29, 1.82) is 0 Å². The van der Waals surface area contributed by atoms with E-state index in [0.717, 1.165) is 5.69 Å². The molecule has 1 amide bonds. The van der Waals surface area contributed by atoms with Crippen molar-refractivity contribution >= 4 is 40.4 Å². The number of carbonyl (C=O) groups excluding carboxylic acids is 1. The number of anilines is 3. The van der Waals surface area contributed by atoms with Gasteiger partial charge in [0.25, 0.3) is 11.6 Å². The van der Waals surface area contributed by atoms with E-state index in [9.17, 15) is 14.9 Å². The van der Waals surface area contributed by atoms with E-state index in [1.165, 1.54) is 24.4 Å². The number of pyridine rings is 1. The maximum absolute atomic E-state index is 12.4. The Morgan fingerprint density at radius 3 is 2.52 bits per heavy atom. The quantitative estimate of drug-likeness (QED) is 0.512. The minimum Gasteiger partial charge on any atom is -0.329 e. The molecule has 7 nitrogen and oxygen atoms in total. The molecule has 3 aromatic rings. The number of rotatable bonds is 5. The first-order valence-electron chi connectivity index (χ1n) is 7.96. The smallest absolute Gasteiger partial charge is 0.289 e. The number of hydrogen-bond acceptors (Lipinski definition) is 5. The van der Waals surface area contributed by atoms with Gasteiger partial charge < -0.3 is 10.2 Å². The van der Waals surface area contributed by atoms with Crippen LogP contribution in [0.4, 0.5) is 22.9 Å². The van der Waals surface area contributed by atoms with Crippen LogP contribution in [0.1, 0.15) is 10.4 Å². The third kappa shape index (κ3) is 4.21. The fraction of sp³-hybridized carbons (Fsp3) is 0.0526. The zero-order valence-electron chi connectivity index (χ0n) is 14.3. The fourth-order valence-electron chi connectivity index (χ4n) is 2.44. The molecule has 1 aromatic heterocycles. The van der Waals surface area contributed by atoms with E-state index in [1.54, 1.807) is 12.1 Å². The molecular weight excluding hydrogens is 368 g/mol. The highest BCUT2D eigenvalue weighted by Crippen LogP contribution is 2.27. The lowest BCUT2D eigenvalue weighted by atomic mass is 10.2. The van der Waals surface area contributed by atoms with Crippen LogP contribution in [0.3, 0.4) is 0 Å². The summed E-state index contributed by atoms with van der Waals surface area (Å²) >= 11 is 5.77. The Morgan fingerprint density at radius 1 is 1.15 bits per heavy atom. The molecule has 0 aliphatic heterocycles. The monoisotopic (exact) mass is 382 g/mol. The van der Waals surface area contributed by atoms with E-state index in [1.807, 2.05) is 42.3 Å². The summed E-state index contributed by atoms with van der Waals surface area (Å²) in [6.45, 7) is 0. The first-order chi connectivity index (χ1) is 13.0. The van der Waals surface area contributed by atoms with Gasteiger partial charge in [-0.05, 0) is 36.4 Å². The Labute approximate surface area is 160 Å². The van der Waals surface area contributed by atoms with Gasteiger partial charge in [0.15, 0.2) is 0 Å². The van der Waals surface area contributed by atoms with Crippen LogP contribution in [0.25, 0.3) is 0 Å². The molecule has 1 N–H and O–H groups in total. The van der Waals surface area contributed by atoms with Gasteiger partial charge in [-0.25, -0.2) is 4.98 Å². The Balaban J connectivity index is 1.75. The molecule has 0 aliphatic carbocycles. The SMILES string of the molecule is CN(c1ccccc1)c1ccc(C(=O)Nc2ccc(Cl)c([N+](=O)[O-])c2)cn1. The number of nitro groups is 1. The third-order valence-corrected chi connectivity index (χ3v) is 4.22. The molecule has 0 atom stereocenters. The highest BCUT2D eigenvalue weighted by molar-refractivity contribution is 6.32. The molecule has 136 valence electrons. The van der Waals surface area contributed by atoms with Crippen LogP contribution in [0.2, 0.25) is 5.02 Å². The van der Waals surface area contributed by atoms with E-state index in [0.29, 0.717) is 11.4 Å². The van der Waals surface area contributed by atoms with Crippen LogP contribution in [0, 0.1) is 10.1 Å². The van der Waals surface area contributed by atoms with Crippen LogP contribution in [-0.2, 0) is 0 Å². The van der Waals surface area contributed by atoms with Gasteiger partial charge in [-0.1, -0.05) is 29.8 Å². The number of benzene rings is 2. The number of carbonyl (C=O) groups is 1. The van der Waals surface area contributed by atoms with Crippen LogP contribution in [0.15, 0.2) is 66.9 Å². The Hall–Kier alpha value is -3.45. The average molecular weight is 383 g/mol. The maximum Gasteiger partial charge on any atom is 0.289 e. The zero-order chi connectivity index (χ0) is 19.4. The molecule has 0 fully saturated rings. The summed E-state index contributed by atoms with van der Waals surface area (Å²) < 4.78 is 0. The number of nitro benzene ring substituents is 1. The minimum absolute atomic E-state index is 0.00738. The van der Waals surface area contributed by atoms with Gasteiger partial charge in [-0.2, -0.15) is 0 Å². The molecule has 27 heavy (non-hydrogen) atoms. The van der Waals surface area contributed by atoms with Crippen LogP contribution >= 0.6 is 11.6 Å². The van der Waals surface area contributed by atoms with Gasteiger partial charge in [0, 0.05) is 30.7 Å². The summed E-state index contributed by atoms with van der Waals surface area (Å²) in [5.41, 5.74) is 1.31.